The van der Waals surface area contributed by atoms with Crippen molar-refractivity contribution < 1.29 is 9.53 Å². The van der Waals surface area contributed by atoms with Crippen molar-refractivity contribution in [1.82, 2.24) is 20.2 Å². The van der Waals surface area contributed by atoms with Gasteiger partial charge in [-0.05, 0) is 30.2 Å². The number of tetrazole rings is 1. The SMILES string of the molecule is CCOC(=O)CCCCCCCn1cnnn1. The summed E-state index contributed by atoms with van der Waals surface area (Å²) < 4.78 is 6.59. The van der Waals surface area contributed by atoms with Crippen molar-refractivity contribution >= 4 is 5.97 Å². The molecule has 6 nitrogen and oxygen atoms in total. The Labute approximate surface area is 101 Å². The number of carbonyl (C=O) groups excluding carboxylic acids is 1. The van der Waals surface area contributed by atoms with E-state index in [9.17, 15) is 4.79 Å². The highest BCUT2D eigenvalue weighted by molar-refractivity contribution is 5.69. The first kappa shape index (κ1) is 13.6. The van der Waals surface area contributed by atoms with Crippen molar-refractivity contribution in [1.29, 1.82) is 0 Å². The predicted octanol–water partition coefficient (Wildman–Crippen LogP) is 1.58. The van der Waals surface area contributed by atoms with Crippen LogP contribution in [0.15, 0.2) is 6.33 Å². The molecule has 1 aromatic heterocycles. The second-order valence-electron chi connectivity index (χ2n) is 3.90. The van der Waals surface area contributed by atoms with Gasteiger partial charge >= 0.3 is 5.97 Å². The number of rotatable bonds is 9. The van der Waals surface area contributed by atoms with Crippen LogP contribution in [-0.2, 0) is 16.1 Å². The Kier molecular flexibility index (Phi) is 6.93. The number of esters is 1. The average Bonchev–Trinajstić information content (AvgIpc) is 2.81. The highest BCUT2D eigenvalue weighted by atomic mass is 16.5. The molecular formula is C11H20N4O2. The molecule has 0 saturated heterocycles. The van der Waals surface area contributed by atoms with Crippen molar-refractivity contribution in [3.63, 3.8) is 0 Å². The second-order valence-corrected chi connectivity index (χ2v) is 3.90. The van der Waals surface area contributed by atoms with Crippen LogP contribution in [0.2, 0.25) is 0 Å². The van der Waals surface area contributed by atoms with Crippen molar-refractivity contribution in [2.24, 2.45) is 0 Å². The van der Waals surface area contributed by atoms with Crippen molar-refractivity contribution in [2.45, 2.75) is 52.0 Å². The van der Waals surface area contributed by atoms with Gasteiger partial charge in [-0.25, -0.2) is 4.68 Å². The van der Waals surface area contributed by atoms with Crippen LogP contribution in [0.5, 0.6) is 0 Å². The first-order valence-electron chi connectivity index (χ1n) is 6.19. The van der Waals surface area contributed by atoms with Crippen LogP contribution in [-0.4, -0.2) is 32.8 Å². The van der Waals surface area contributed by atoms with E-state index in [0.717, 1.165) is 38.6 Å². The molecule has 1 rings (SSSR count). The number of aryl methyl sites for hydroxylation is 1. The van der Waals surface area contributed by atoms with E-state index in [-0.39, 0.29) is 5.97 Å². The molecule has 0 aromatic carbocycles. The van der Waals surface area contributed by atoms with Gasteiger partial charge in [0.25, 0.3) is 0 Å². The summed E-state index contributed by atoms with van der Waals surface area (Å²) >= 11 is 0. The minimum absolute atomic E-state index is 0.0822. The van der Waals surface area contributed by atoms with Gasteiger partial charge in [0, 0.05) is 13.0 Å². The molecule has 0 bridgehead atoms. The lowest BCUT2D eigenvalue weighted by Crippen LogP contribution is -2.03. The maximum Gasteiger partial charge on any atom is 0.305 e. The fourth-order valence-corrected chi connectivity index (χ4v) is 1.59. The van der Waals surface area contributed by atoms with E-state index in [2.05, 4.69) is 15.5 Å². The molecule has 0 radical (unpaired) electrons. The lowest BCUT2D eigenvalue weighted by atomic mass is 10.1. The van der Waals surface area contributed by atoms with Gasteiger partial charge < -0.3 is 4.74 Å². The minimum Gasteiger partial charge on any atom is -0.466 e. The number of unbranched alkanes of at least 4 members (excludes halogenated alkanes) is 4. The average molecular weight is 240 g/mol. The van der Waals surface area contributed by atoms with Gasteiger partial charge in [-0.3, -0.25) is 4.79 Å². The summed E-state index contributed by atoms with van der Waals surface area (Å²) in [6.45, 7) is 3.17. The van der Waals surface area contributed by atoms with Crippen LogP contribution in [0.4, 0.5) is 0 Å². The summed E-state index contributed by atoms with van der Waals surface area (Å²) in [5.41, 5.74) is 0. The van der Waals surface area contributed by atoms with Crippen LogP contribution < -0.4 is 0 Å². The van der Waals surface area contributed by atoms with Gasteiger partial charge in [-0.1, -0.05) is 19.3 Å². The summed E-state index contributed by atoms with van der Waals surface area (Å²) in [5.74, 6) is -0.0822. The Bertz CT molecular complexity index is 300. The zero-order valence-corrected chi connectivity index (χ0v) is 10.3. The molecule has 0 aliphatic heterocycles. The van der Waals surface area contributed by atoms with Crippen molar-refractivity contribution in [3.8, 4) is 0 Å². The van der Waals surface area contributed by atoms with Gasteiger partial charge in [0.1, 0.15) is 6.33 Å². The molecule has 0 unspecified atom stereocenters. The Morgan fingerprint density at radius 3 is 2.71 bits per heavy atom. The van der Waals surface area contributed by atoms with Gasteiger partial charge in [-0.15, -0.1) is 5.10 Å². The maximum absolute atomic E-state index is 11.0. The van der Waals surface area contributed by atoms with E-state index < -0.39 is 0 Å². The Balaban J connectivity index is 1.86. The lowest BCUT2D eigenvalue weighted by molar-refractivity contribution is -0.143. The molecule has 17 heavy (non-hydrogen) atoms. The summed E-state index contributed by atoms with van der Waals surface area (Å²) in [6.07, 6.45) is 7.52. The largest absolute Gasteiger partial charge is 0.466 e. The van der Waals surface area contributed by atoms with E-state index in [1.165, 1.54) is 0 Å². The topological polar surface area (TPSA) is 69.9 Å². The first-order chi connectivity index (χ1) is 8.33. The van der Waals surface area contributed by atoms with E-state index in [1.54, 1.807) is 11.0 Å². The summed E-state index contributed by atoms with van der Waals surface area (Å²) in [6, 6.07) is 0. The van der Waals surface area contributed by atoms with Crippen LogP contribution in [0.1, 0.15) is 45.4 Å². The molecule has 6 heteroatoms. The van der Waals surface area contributed by atoms with Gasteiger partial charge in [-0.2, -0.15) is 0 Å². The minimum atomic E-state index is -0.0822. The van der Waals surface area contributed by atoms with Crippen molar-refractivity contribution in [3.05, 3.63) is 6.33 Å². The zero-order chi connectivity index (χ0) is 12.3. The lowest BCUT2D eigenvalue weighted by Gasteiger charge is -2.02. The number of hydrogen-bond donors (Lipinski definition) is 0. The molecule has 0 aliphatic carbocycles. The molecule has 0 atom stereocenters. The smallest absolute Gasteiger partial charge is 0.305 e. The Morgan fingerprint density at radius 2 is 2.00 bits per heavy atom. The molecule has 1 aromatic rings. The third kappa shape index (κ3) is 6.65. The third-order valence-corrected chi connectivity index (χ3v) is 2.46. The van der Waals surface area contributed by atoms with Crippen LogP contribution in [0.25, 0.3) is 0 Å². The highest BCUT2D eigenvalue weighted by Gasteiger charge is 2.00. The van der Waals surface area contributed by atoms with E-state index in [0.29, 0.717) is 13.0 Å². The van der Waals surface area contributed by atoms with Crippen LogP contribution in [0.3, 0.4) is 0 Å². The number of aromatic nitrogens is 4. The standard InChI is InChI=1S/C11H20N4O2/c1-2-17-11(16)8-6-4-3-5-7-9-15-10-12-13-14-15/h10H,2-9H2,1H3. The molecule has 0 saturated carbocycles. The highest BCUT2D eigenvalue weighted by Crippen LogP contribution is 2.06. The first-order valence-corrected chi connectivity index (χ1v) is 6.19. The molecule has 0 amide bonds. The molecule has 0 aliphatic rings. The molecular weight excluding hydrogens is 220 g/mol. The van der Waals surface area contributed by atoms with E-state index in [1.807, 2.05) is 6.92 Å². The Morgan fingerprint density at radius 1 is 1.24 bits per heavy atom. The maximum atomic E-state index is 11.0. The molecule has 1 heterocycles. The fraction of sp³-hybridized carbons (Fsp3) is 0.818. The monoisotopic (exact) mass is 240 g/mol. The fourth-order valence-electron chi connectivity index (χ4n) is 1.59. The third-order valence-electron chi connectivity index (χ3n) is 2.46. The molecule has 0 fully saturated rings. The van der Waals surface area contributed by atoms with E-state index in [4.69, 9.17) is 4.74 Å². The number of nitrogens with zero attached hydrogens (tertiary/aromatic N) is 4. The van der Waals surface area contributed by atoms with Crippen molar-refractivity contribution in [2.75, 3.05) is 6.61 Å². The van der Waals surface area contributed by atoms with Gasteiger partial charge in [0.15, 0.2) is 0 Å². The second kappa shape index (κ2) is 8.66. The number of ether oxygens (including phenoxy) is 1. The number of carbonyl (C=O) groups is 1. The normalized spacial score (nSPS) is 10.4. The summed E-state index contributed by atoms with van der Waals surface area (Å²) in [7, 11) is 0. The number of hydrogen-bond acceptors (Lipinski definition) is 5. The van der Waals surface area contributed by atoms with Gasteiger partial charge in [0.05, 0.1) is 6.61 Å². The van der Waals surface area contributed by atoms with Gasteiger partial charge in [0.2, 0.25) is 0 Å². The molecule has 0 N–H and O–H groups in total. The zero-order valence-electron chi connectivity index (χ0n) is 10.3. The van der Waals surface area contributed by atoms with Crippen LogP contribution >= 0.6 is 0 Å². The molecule has 0 spiro atoms. The summed E-state index contributed by atoms with van der Waals surface area (Å²) in [4.78, 5) is 11.0. The molecule has 96 valence electrons. The van der Waals surface area contributed by atoms with E-state index >= 15 is 0 Å². The summed E-state index contributed by atoms with van der Waals surface area (Å²) in [5, 5.41) is 10.9. The quantitative estimate of drug-likeness (QED) is 0.484. The van der Waals surface area contributed by atoms with Crippen LogP contribution in [0, 0.1) is 0 Å². The predicted molar refractivity (Wildman–Crippen MR) is 62.2 cm³/mol. The Hall–Kier alpha value is -1.46.